The summed E-state index contributed by atoms with van der Waals surface area (Å²) in [6.07, 6.45) is 5.40. The van der Waals surface area contributed by atoms with Gasteiger partial charge in [-0.15, -0.1) is 0 Å². The number of hydrogen-bond donors (Lipinski definition) is 0. The summed E-state index contributed by atoms with van der Waals surface area (Å²) in [4.78, 5) is 11.5. The molecule has 0 bridgehead atoms. The van der Waals surface area contributed by atoms with Gasteiger partial charge in [0.15, 0.2) is 5.78 Å². The molecule has 3 heteroatoms. The molecule has 2 rings (SSSR count). The van der Waals surface area contributed by atoms with Gasteiger partial charge in [-0.05, 0) is 44.9 Å². The summed E-state index contributed by atoms with van der Waals surface area (Å²) in [5, 5.41) is 0.787. The van der Waals surface area contributed by atoms with Gasteiger partial charge in [-0.2, -0.15) is 11.8 Å². The number of ether oxygens (including phenoxy) is 1. The van der Waals surface area contributed by atoms with Crippen LogP contribution in [0.5, 0.6) is 5.75 Å². The number of ketones is 1. The maximum Gasteiger partial charge on any atom is 0.159 e. The lowest BCUT2D eigenvalue weighted by atomic mass is 10.1. The molecule has 1 fully saturated rings. The van der Waals surface area contributed by atoms with E-state index in [2.05, 4.69) is 0 Å². The molecule has 1 aromatic rings. The Bertz CT molecular complexity index is 436. The summed E-state index contributed by atoms with van der Waals surface area (Å²) in [5.41, 5.74) is 1.94. The third-order valence-corrected chi connectivity index (χ3v) is 4.96. The lowest BCUT2D eigenvalue weighted by Gasteiger charge is -2.13. The van der Waals surface area contributed by atoms with Crippen molar-refractivity contribution < 1.29 is 9.53 Å². The first-order valence-corrected chi connectivity index (χ1v) is 8.14. The van der Waals surface area contributed by atoms with Gasteiger partial charge in [-0.25, -0.2) is 0 Å². The second kappa shape index (κ2) is 6.99. The van der Waals surface area contributed by atoms with E-state index in [0.29, 0.717) is 6.61 Å². The van der Waals surface area contributed by atoms with Gasteiger partial charge in [0, 0.05) is 22.1 Å². The fraction of sp³-hybridized carbons (Fsp3) is 0.562. The van der Waals surface area contributed by atoms with Crippen molar-refractivity contribution in [1.29, 1.82) is 0 Å². The summed E-state index contributed by atoms with van der Waals surface area (Å²) in [7, 11) is 0. The first kappa shape index (κ1) is 14.4. The number of Topliss-reactive ketones (excluding diaryl/α,β-unsaturated/α-hetero) is 1. The molecule has 1 aliphatic carbocycles. The van der Waals surface area contributed by atoms with Gasteiger partial charge in [0.05, 0.1) is 6.61 Å². The zero-order chi connectivity index (χ0) is 13.7. The molecule has 0 N–H and O–H groups in total. The third kappa shape index (κ3) is 4.00. The first-order valence-electron chi connectivity index (χ1n) is 7.09. The van der Waals surface area contributed by atoms with Crippen molar-refractivity contribution in [3.63, 3.8) is 0 Å². The maximum absolute atomic E-state index is 11.5. The first-order chi connectivity index (χ1) is 9.20. The SMILES string of the molecule is CCOc1ccc(C(C)=O)cc1CSC1CCCC1. The Balaban J connectivity index is 2.09. The van der Waals surface area contributed by atoms with Crippen molar-refractivity contribution in [3.8, 4) is 5.75 Å². The number of hydrogen-bond acceptors (Lipinski definition) is 3. The highest BCUT2D eigenvalue weighted by Gasteiger charge is 2.16. The quantitative estimate of drug-likeness (QED) is 0.718. The molecule has 19 heavy (non-hydrogen) atoms. The monoisotopic (exact) mass is 278 g/mol. The van der Waals surface area contributed by atoms with Crippen LogP contribution in [0.3, 0.4) is 0 Å². The minimum absolute atomic E-state index is 0.121. The van der Waals surface area contributed by atoms with E-state index in [1.807, 2.05) is 36.9 Å². The average Bonchev–Trinajstić information content (AvgIpc) is 2.90. The van der Waals surface area contributed by atoms with Gasteiger partial charge in [0.25, 0.3) is 0 Å². The molecule has 1 aromatic carbocycles. The Hall–Kier alpha value is -0.960. The van der Waals surface area contributed by atoms with Gasteiger partial charge in [-0.1, -0.05) is 12.8 Å². The fourth-order valence-electron chi connectivity index (χ4n) is 2.47. The fourth-order valence-corrected chi connectivity index (χ4v) is 3.78. The summed E-state index contributed by atoms with van der Waals surface area (Å²) in [6, 6.07) is 5.79. The normalized spacial score (nSPS) is 15.7. The minimum atomic E-state index is 0.121. The number of rotatable bonds is 6. The molecule has 2 nitrogen and oxygen atoms in total. The van der Waals surface area contributed by atoms with Crippen molar-refractivity contribution in [2.45, 2.75) is 50.5 Å². The largest absolute Gasteiger partial charge is 0.494 e. The number of thioether (sulfide) groups is 1. The third-order valence-electron chi connectivity index (χ3n) is 3.54. The predicted octanol–water partition coefficient (Wildman–Crippen LogP) is 4.46. The lowest BCUT2D eigenvalue weighted by Crippen LogP contribution is -2.01. The zero-order valence-electron chi connectivity index (χ0n) is 11.8. The molecule has 0 saturated heterocycles. The molecule has 0 aliphatic heterocycles. The van der Waals surface area contributed by atoms with Crippen molar-refractivity contribution in [2.24, 2.45) is 0 Å². The second-order valence-corrected chi connectivity index (χ2v) is 6.32. The molecule has 0 unspecified atom stereocenters. The second-order valence-electron chi connectivity index (χ2n) is 5.03. The molecule has 1 aliphatic rings. The van der Waals surface area contributed by atoms with Crippen LogP contribution in [0, 0.1) is 0 Å². The highest BCUT2D eigenvalue weighted by atomic mass is 32.2. The average molecular weight is 278 g/mol. The van der Waals surface area contributed by atoms with Crippen LogP contribution in [0.1, 0.15) is 55.5 Å². The molecule has 0 spiro atoms. The highest BCUT2D eigenvalue weighted by molar-refractivity contribution is 7.99. The van der Waals surface area contributed by atoms with Crippen molar-refractivity contribution in [2.75, 3.05) is 6.61 Å². The Kier molecular flexibility index (Phi) is 5.32. The Morgan fingerprint density at radius 1 is 1.37 bits per heavy atom. The van der Waals surface area contributed by atoms with Crippen molar-refractivity contribution >= 4 is 17.5 Å². The number of carbonyl (C=O) groups is 1. The van der Waals surface area contributed by atoms with Gasteiger partial charge in [-0.3, -0.25) is 4.79 Å². The van der Waals surface area contributed by atoms with E-state index in [0.717, 1.165) is 27.9 Å². The molecular formula is C16H22O2S. The maximum atomic E-state index is 11.5. The summed E-state index contributed by atoms with van der Waals surface area (Å²) >= 11 is 2.01. The Morgan fingerprint density at radius 2 is 2.11 bits per heavy atom. The summed E-state index contributed by atoms with van der Waals surface area (Å²) in [6.45, 7) is 4.27. The number of benzene rings is 1. The van der Waals surface area contributed by atoms with Crippen LogP contribution in [0.4, 0.5) is 0 Å². The van der Waals surface area contributed by atoms with Gasteiger partial charge < -0.3 is 4.74 Å². The molecule has 0 heterocycles. The lowest BCUT2D eigenvalue weighted by molar-refractivity contribution is 0.101. The molecule has 104 valence electrons. The van der Waals surface area contributed by atoms with E-state index in [-0.39, 0.29) is 5.78 Å². The van der Waals surface area contributed by atoms with Crippen LogP contribution in [0.25, 0.3) is 0 Å². The highest BCUT2D eigenvalue weighted by Crippen LogP contribution is 2.34. The van der Waals surface area contributed by atoms with E-state index < -0.39 is 0 Å². The van der Waals surface area contributed by atoms with Crippen LogP contribution < -0.4 is 4.74 Å². The van der Waals surface area contributed by atoms with Crippen LogP contribution in [-0.4, -0.2) is 17.6 Å². The topological polar surface area (TPSA) is 26.3 Å². The molecular weight excluding hydrogens is 256 g/mol. The van der Waals surface area contributed by atoms with Crippen LogP contribution in [0.15, 0.2) is 18.2 Å². The summed E-state index contributed by atoms with van der Waals surface area (Å²) < 4.78 is 5.66. The minimum Gasteiger partial charge on any atom is -0.494 e. The van der Waals surface area contributed by atoms with E-state index in [9.17, 15) is 4.79 Å². The predicted molar refractivity (Wildman–Crippen MR) is 81.2 cm³/mol. The van der Waals surface area contributed by atoms with E-state index in [1.165, 1.54) is 25.7 Å². The smallest absolute Gasteiger partial charge is 0.159 e. The van der Waals surface area contributed by atoms with E-state index >= 15 is 0 Å². The molecule has 0 amide bonds. The summed E-state index contributed by atoms with van der Waals surface area (Å²) in [5.74, 6) is 1.99. The Labute approximate surface area is 119 Å². The van der Waals surface area contributed by atoms with Crippen LogP contribution >= 0.6 is 11.8 Å². The molecule has 0 radical (unpaired) electrons. The van der Waals surface area contributed by atoms with Crippen LogP contribution in [0.2, 0.25) is 0 Å². The van der Waals surface area contributed by atoms with Crippen molar-refractivity contribution in [3.05, 3.63) is 29.3 Å². The van der Waals surface area contributed by atoms with E-state index in [1.54, 1.807) is 6.92 Å². The van der Waals surface area contributed by atoms with Gasteiger partial charge >= 0.3 is 0 Å². The Morgan fingerprint density at radius 3 is 2.74 bits per heavy atom. The molecule has 0 aromatic heterocycles. The molecule has 1 saturated carbocycles. The van der Waals surface area contributed by atoms with Gasteiger partial charge in [0.1, 0.15) is 5.75 Å². The van der Waals surface area contributed by atoms with Crippen molar-refractivity contribution in [1.82, 2.24) is 0 Å². The number of carbonyl (C=O) groups excluding carboxylic acids is 1. The standard InChI is InChI=1S/C16H22O2S/c1-3-18-16-9-8-13(12(2)17)10-14(16)11-19-15-6-4-5-7-15/h8-10,15H,3-7,11H2,1-2H3. The van der Waals surface area contributed by atoms with Crippen LogP contribution in [-0.2, 0) is 5.75 Å². The zero-order valence-corrected chi connectivity index (χ0v) is 12.6. The van der Waals surface area contributed by atoms with Gasteiger partial charge in [0.2, 0.25) is 0 Å². The molecule has 0 atom stereocenters. The van der Waals surface area contributed by atoms with E-state index in [4.69, 9.17) is 4.74 Å².